The van der Waals surface area contributed by atoms with Gasteiger partial charge in [-0.2, -0.15) is 0 Å². The normalized spacial score (nSPS) is 16.8. The van der Waals surface area contributed by atoms with E-state index in [0.717, 1.165) is 25.2 Å². The Balaban J connectivity index is 2.32. The van der Waals surface area contributed by atoms with Gasteiger partial charge in [0.2, 0.25) is 0 Å². The fourth-order valence-electron chi connectivity index (χ4n) is 1.73. The summed E-state index contributed by atoms with van der Waals surface area (Å²) >= 11 is 0. The summed E-state index contributed by atoms with van der Waals surface area (Å²) in [4.78, 5) is 0. The Hall–Kier alpha value is -1.06. The molecule has 0 unspecified atom stereocenters. The smallest absolute Gasteiger partial charge is 0.0383 e. The molecule has 3 heteroatoms. The van der Waals surface area contributed by atoms with Crippen LogP contribution in [0, 0.1) is 0 Å². The SMILES string of the molecule is CNc1ccc2c(c1)CN(N)CC2. The molecule has 13 heavy (non-hydrogen) atoms. The third-order valence-corrected chi connectivity index (χ3v) is 2.54. The summed E-state index contributed by atoms with van der Waals surface area (Å²) in [5.41, 5.74) is 3.94. The van der Waals surface area contributed by atoms with Gasteiger partial charge in [0.15, 0.2) is 0 Å². The molecule has 1 aliphatic heterocycles. The summed E-state index contributed by atoms with van der Waals surface area (Å²) in [6.45, 7) is 1.83. The van der Waals surface area contributed by atoms with E-state index in [1.807, 2.05) is 12.1 Å². The molecule has 0 amide bonds. The number of hydrogen-bond donors (Lipinski definition) is 2. The average Bonchev–Trinajstić information content (AvgIpc) is 2.16. The van der Waals surface area contributed by atoms with Crippen molar-refractivity contribution in [2.24, 2.45) is 5.84 Å². The number of fused-ring (bicyclic) bond motifs is 1. The minimum Gasteiger partial charge on any atom is -0.388 e. The van der Waals surface area contributed by atoms with Crippen molar-refractivity contribution in [3.8, 4) is 0 Å². The molecule has 0 aromatic heterocycles. The van der Waals surface area contributed by atoms with Crippen LogP contribution in [-0.4, -0.2) is 18.6 Å². The van der Waals surface area contributed by atoms with Crippen LogP contribution in [0.25, 0.3) is 0 Å². The Labute approximate surface area is 78.5 Å². The molecule has 0 spiro atoms. The average molecular weight is 177 g/mol. The van der Waals surface area contributed by atoms with E-state index in [1.165, 1.54) is 11.1 Å². The van der Waals surface area contributed by atoms with Gasteiger partial charge in [-0.1, -0.05) is 6.07 Å². The number of nitrogens with zero attached hydrogens (tertiary/aromatic N) is 1. The van der Waals surface area contributed by atoms with Gasteiger partial charge in [0, 0.05) is 25.8 Å². The van der Waals surface area contributed by atoms with E-state index in [4.69, 9.17) is 5.84 Å². The number of hydrogen-bond acceptors (Lipinski definition) is 3. The fourth-order valence-corrected chi connectivity index (χ4v) is 1.73. The number of benzene rings is 1. The molecule has 0 saturated carbocycles. The summed E-state index contributed by atoms with van der Waals surface area (Å²) < 4.78 is 0. The van der Waals surface area contributed by atoms with Crippen LogP contribution < -0.4 is 11.2 Å². The summed E-state index contributed by atoms with van der Waals surface area (Å²) in [5.74, 6) is 5.75. The molecule has 3 nitrogen and oxygen atoms in total. The molecule has 1 aliphatic rings. The van der Waals surface area contributed by atoms with Crippen molar-refractivity contribution in [3.05, 3.63) is 29.3 Å². The van der Waals surface area contributed by atoms with Gasteiger partial charge in [0.25, 0.3) is 0 Å². The van der Waals surface area contributed by atoms with Crippen LogP contribution in [0.1, 0.15) is 11.1 Å². The van der Waals surface area contributed by atoms with Gasteiger partial charge in [0.05, 0.1) is 0 Å². The Bertz CT molecular complexity index is 309. The van der Waals surface area contributed by atoms with Gasteiger partial charge in [-0.25, -0.2) is 5.01 Å². The van der Waals surface area contributed by atoms with E-state index >= 15 is 0 Å². The second-order valence-corrected chi connectivity index (χ2v) is 3.45. The topological polar surface area (TPSA) is 41.3 Å². The Kier molecular flexibility index (Phi) is 2.20. The molecule has 0 aliphatic carbocycles. The Morgan fingerprint density at radius 3 is 3.00 bits per heavy atom. The van der Waals surface area contributed by atoms with Crippen LogP contribution >= 0.6 is 0 Å². The number of rotatable bonds is 1. The molecule has 0 radical (unpaired) electrons. The highest BCUT2D eigenvalue weighted by Crippen LogP contribution is 2.20. The molecule has 0 atom stereocenters. The van der Waals surface area contributed by atoms with Gasteiger partial charge in [-0.05, 0) is 29.7 Å². The first-order valence-electron chi connectivity index (χ1n) is 4.59. The molecule has 1 heterocycles. The standard InChI is InChI=1S/C10H15N3/c1-12-10-3-2-8-4-5-13(11)7-9(8)6-10/h2-3,6,12H,4-5,7,11H2,1H3. The van der Waals surface area contributed by atoms with E-state index in [1.54, 1.807) is 0 Å². The number of nitrogens with one attached hydrogen (secondary N) is 1. The molecule has 0 saturated heterocycles. The molecule has 70 valence electrons. The van der Waals surface area contributed by atoms with E-state index in [-0.39, 0.29) is 0 Å². The highest BCUT2D eigenvalue weighted by atomic mass is 15.4. The lowest BCUT2D eigenvalue weighted by Crippen LogP contribution is -2.36. The van der Waals surface area contributed by atoms with Crippen molar-refractivity contribution in [3.63, 3.8) is 0 Å². The van der Waals surface area contributed by atoms with Crippen molar-refractivity contribution < 1.29 is 0 Å². The van der Waals surface area contributed by atoms with E-state index in [9.17, 15) is 0 Å². The summed E-state index contributed by atoms with van der Waals surface area (Å²) in [6.07, 6.45) is 1.07. The van der Waals surface area contributed by atoms with Crippen LogP contribution in [0.5, 0.6) is 0 Å². The lowest BCUT2D eigenvalue weighted by atomic mass is 10.0. The molecule has 0 bridgehead atoms. The molecule has 1 aromatic carbocycles. The number of anilines is 1. The molecule has 1 aromatic rings. The molecular formula is C10H15N3. The van der Waals surface area contributed by atoms with Gasteiger partial charge in [-0.15, -0.1) is 0 Å². The van der Waals surface area contributed by atoms with Crippen LogP contribution in [-0.2, 0) is 13.0 Å². The van der Waals surface area contributed by atoms with Crippen molar-refractivity contribution in [1.82, 2.24) is 5.01 Å². The van der Waals surface area contributed by atoms with E-state index in [2.05, 4.69) is 23.5 Å². The minimum absolute atomic E-state index is 0.866. The van der Waals surface area contributed by atoms with Crippen LogP contribution in [0.15, 0.2) is 18.2 Å². The maximum atomic E-state index is 5.75. The predicted octanol–water partition coefficient (Wildman–Crippen LogP) is 0.960. The fraction of sp³-hybridized carbons (Fsp3) is 0.400. The zero-order chi connectivity index (χ0) is 9.26. The lowest BCUT2D eigenvalue weighted by Gasteiger charge is -2.24. The summed E-state index contributed by atoms with van der Waals surface area (Å²) in [5, 5.41) is 5.00. The van der Waals surface area contributed by atoms with Gasteiger partial charge in [0.1, 0.15) is 0 Å². The highest BCUT2D eigenvalue weighted by molar-refractivity contribution is 5.48. The zero-order valence-electron chi connectivity index (χ0n) is 7.88. The third kappa shape index (κ3) is 1.66. The first kappa shape index (κ1) is 8.53. The Morgan fingerprint density at radius 2 is 2.23 bits per heavy atom. The second-order valence-electron chi connectivity index (χ2n) is 3.45. The van der Waals surface area contributed by atoms with Gasteiger partial charge >= 0.3 is 0 Å². The van der Waals surface area contributed by atoms with Crippen LogP contribution in [0.3, 0.4) is 0 Å². The third-order valence-electron chi connectivity index (χ3n) is 2.54. The summed E-state index contributed by atoms with van der Waals surface area (Å²) in [7, 11) is 1.94. The zero-order valence-corrected chi connectivity index (χ0v) is 7.88. The van der Waals surface area contributed by atoms with Crippen molar-refractivity contribution in [1.29, 1.82) is 0 Å². The van der Waals surface area contributed by atoms with Crippen LogP contribution in [0.4, 0.5) is 5.69 Å². The van der Waals surface area contributed by atoms with Crippen molar-refractivity contribution in [2.45, 2.75) is 13.0 Å². The predicted molar refractivity (Wildman–Crippen MR) is 54.3 cm³/mol. The largest absolute Gasteiger partial charge is 0.388 e. The number of nitrogens with two attached hydrogens (primary N) is 1. The van der Waals surface area contributed by atoms with Crippen molar-refractivity contribution in [2.75, 3.05) is 18.9 Å². The maximum absolute atomic E-state index is 5.75. The van der Waals surface area contributed by atoms with Gasteiger partial charge in [-0.3, -0.25) is 5.84 Å². The van der Waals surface area contributed by atoms with E-state index in [0.29, 0.717) is 0 Å². The molecule has 0 fully saturated rings. The second kappa shape index (κ2) is 3.36. The van der Waals surface area contributed by atoms with Crippen molar-refractivity contribution >= 4 is 5.69 Å². The molecule has 2 rings (SSSR count). The van der Waals surface area contributed by atoms with Crippen LogP contribution in [0.2, 0.25) is 0 Å². The molecular weight excluding hydrogens is 162 g/mol. The monoisotopic (exact) mass is 177 g/mol. The lowest BCUT2D eigenvalue weighted by molar-refractivity contribution is 0.263. The first-order chi connectivity index (χ1) is 6.29. The number of hydrazine groups is 1. The first-order valence-corrected chi connectivity index (χ1v) is 4.59. The highest BCUT2D eigenvalue weighted by Gasteiger charge is 2.12. The Morgan fingerprint density at radius 1 is 1.38 bits per heavy atom. The maximum Gasteiger partial charge on any atom is 0.0383 e. The minimum atomic E-state index is 0.866. The molecule has 3 N–H and O–H groups in total. The van der Waals surface area contributed by atoms with E-state index < -0.39 is 0 Å². The summed E-state index contributed by atoms with van der Waals surface area (Å²) in [6, 6.07) is 6.48. The van der Waals surface area contributed by atoms with Gasteiger partial charge < -0.3 is 5.32 Å². The quantitative estimate of drug-likeness (QED) is 0.628.